The van der Waals surface area contributed by atoms with Crippen molar-refractivity contribution in [3.63, 3.8) is 0 Å². The molecule has 2 bridgehead atoms. The molecule has 47 heavy (non-hydrogen) atoms. The van der Waals surface area contributed by atoms with Crippen molar-refractivity contribution < 1.29 is 43.3 Å². The summed E-state index contributed by atoms with van der Waals surface area (Å²) in [7, 11) is 3.69. The van der Waals surface area contributed by atoms with Crippen LogP contribution >= 0.6 is 0 Å². The number of hydrogen-bond donors (Lipinski definition) is 4. The number of carbonyl (C=O) groups excluding carboxylic acids is 4. The average molecular weight is 648 g/mol. The van der Waals surface area contributed by atoms with E-state index < -0.39 is 35.2 Å². The Morgan fingerprint density at radius 1 is 1.21 bits per heavy atom. The minimum atomic E-state index is -1.16. The maximum atomic E-state index is 13.3. The second kappa shape index (κ2) is 12.0. The SMILES string of the molecule is C=CC[N+]1(C)CC[C@]23c4c5ccc(OC(=O)N(C)CCNC(=O)[C@H](Cc6ccc(O)cc6)NC(C)=O)c4O[C@H]2C(=O)CC[C@@]3(O)[C@@H]1C5. The Labute approximate surface area is 273 Å². The van der Waals surface area contributed by atoms with Gasteiger partial charge in [-0.05, 0) is 41.8 Å². The third-order valence-corrected chi connectivity index (χ3v) is 10.8. The number of aromatic hydroxyl groups is 1. The molecule has 3 amide bonds. The molecule has 4 aliphatic rings. The zero-order valence-corrected chi connectivity index (χ0v) is 27.1. The lowest BCUT2D eigenvalue weighted by Crippen LogP contribution is -2.80. The van der Waals surface area contributed by atoms with E-state index in [0.29, 0.717) is 36.0 Å². The summed E-state index contributed by atoms with van der Waals surface area (Å²) >= 11 is 0. The van der Waals surface area contributed by atoms with Gasteiger partial charge in [0.25, 0.3) is 0 Å². The lowest BCUT2D eigenvalue weighted by molar-refractivity contribution is -0.944. The van der Waals surface area contributed by atoms with Crippen LogP contribution in [0.4, 0.5) is 4.79 Å². The van der Waals surface area contributed by atoms with E-state index in [1.165, 1.54) is 24.0 Å². The maximum absolute atomic E-state index is 13.3. The summed E-state index contributed by atoms with van der Waals surface area (Å²) < 4.78 is 12.9. The molecule has 2 heterocycles. The molecule has 6 rings (SSSR count). The highest BCUT2D eigenvalue weighted by Gasteiger charge is 2.76. The van der Waals surface area contributed by atoms with Crippen molar-refractivity contribution in [2.75, 3.05) is 40.3 Å². The van der Waals surface area contributed by atoms with Crippen molar-refractivity contribution in [1.29, 1.82) is 0 Å². The van der Waals surface area contributed by atoms with Crippen LogP contribution in [0, 0.1) is 0 Å². The van der Waals surface area contributed by atoms with Crippen LogP contribution in [0.5, 0.6) is 17.2 Å². The molecular weight excluding hydrogens is 604 g/mol. The highest BCUT2D eigenvalue weighted by Crippen LogP contribution is 2.65. The number of carbonyl (C=O) groups is 4. The highest BCUT2D eigenvalue weighted by atomic mass is 16.6. The maximum Gasteiger partial charge on any atom is 0.415 e. The van der Waals surface area contributed by atoms with Crippen LogP contribution in [-0.4, -0.2) is 107 Å². The van der Waals surface area contributed by atoms with E-state index in [1.54, 1.807) is 25.2 Å². The number of piperidine rings is 1. The van der Waals surface area contributed by atoms with E-state index >= 15 is 0 Å². The van der Waals surface area contributed by atoms with Gasteiger partial charge in [0.1, 0.15) is 23.4 Å². The van der Waals surface area contributed by atoms with E-state index in [9.17, 15) is 29.4 Å². The van der Waals surface area contributed by atoms with Gasteiger partial charge < -0.3 is 39.7 Å². The number of quaternary nitrogens is 1. The van der Waals surface area contributed by atoms with Crippen molar-refractivity contribution in [2.45, 2.75) is 68.2 Å². The first-order valence-corrected chi connectivity index (χ1v) is 16.1. The summed E-state index contributed by atoms with van der Waals surface area (Å²) in [5.41, 5.74) is 0.479. The van der Waals surface area contributed by atoms with Crippen molar-refractivity contribution in [2.24, 2.45) is 0 Å². The minimum Gasteiger partial charge on any atom is -0.508 e. The van der Waals surface area contributed by atoms with Crippen LogP contribution in [0.25, 0.3) is 0 Å². The van der Waals surface area contributed by atoms with E-state index in [1.807, 2.05) is 12.1 Å². The predicted molar refractivity (Wildman–Crippen MR) is 171 cm³/mol. The van der Waals surface area contributed by atoms with Crippen LogP contribution in [0.15, 0.2) is 49.1 Å². The van der Waals surface area contributed by atoms with Crippen LogP contribution in [-0.2, 0) is 32.6 Å². The summed E-state index contributed by atoms with van der Waals surface area (Å²) in [6.07, 6.45) is 2.33. The zero-order valence-electron chi connectivity index (χ0n) is 27.1. The Bertz CT molecular complexity index is 1630. The van der Waals surface area contributed by atoms with Gasteiger partial charge in [0.05, 0.1) is 25.6 Å². The summed E-state index contributed by atoms with van der Waals surface area (Å²) in [4.78, 5) is 52.6. The van der Waals surface area contributed by atoms with Crippen molar-refractivity contribution in [1.82, 2.24) is 15.5 Å². The standard InChI is InChI=1S/C35H42N4O8/c1-5-17-39(4)18-14-34-29-23-8-11-27(30(29)47-31(34)26(42)12-13-35(34,45)28(39)20-23)46-33(44)38(3)16-15-36-32(43)25(37-21(2)40)19-22-6-9-24(41)10-7-22/h5-11,25,28,31,45H,1,12-20H2,2-4H3,(H2-,36,37,40,41,43)/p+1/t25-,28-,31-,34-,35+,39?/m0/s1. The first-order valence-electron chi connectivity index (χ1n) is 16.1. The van der Waals surface area contributed by atoms with E-state index in [2.05, 4.69) is 24.3 Å². The molecule has 1 saturated carbocycles. The number of benzene rings is 2. The third kappa shape index (κ3) is 5.33. The van der Waals surface area contributed by atoms with Crippen LogP contribution in [0.2, 0.25) is 0 Å². The number of hydrogen-bond acceptors (Lipinski definition) is 8. The van der Waals surface area contributed by atoms with Gasteiger partial charge in [0.2, 0.25) is 11.8 Å². The normalized spacial score (nSPS) is 28.7. The monoisotopic (exact) mass is 647 g/mol. The molecule has 0 aromatic heterocycles. The quantitative estimate of drug-likeness (QED) is 0.225. The van der Waals surface area contributed by atoms with Crippen LogP contribution in [0.3, 0.4) is 0 Å². The second-order valence-electron chi connectivity index (χ2n) is 13.6. The number of phenols is 1. The summed E-state index contributed by atoms with van der Waals surface area (Å²) in [5.74, 6) is -0.193. The molecule has 0 radical (unpaired) electrons. The number of likely N-dealkylation sites (tertiary alicyclic amines) is 1. The summed E-state index contributed by atoms with van der Waals surface area (Å²) in [6.45, 7) is 6.95. The molecule has 2 aromatic rings. The van der Waals surface area contributed by atoms with E-state index in [0.717, 1.165) is 23.2 Å². The smallest absolute Gasteiger partial charge is 0.415 e. The average Bonchev–Trinajstić information content (AvgIpc) is 3.39. The molecular formula is C35H43N4O8+. The van der Waals surface area contributed by atoms with Crippen molar-refractivity contribution >= 4 is 23.7 Å². The number of nitrogens with zero attached hydrogens (tertiary/aromatic N) is 2. The number of aliphatic hydroxyl groups is 1. The van der Waals surface area contributed by atoms with E-state index in [-0.39, 0.29) is 55.2 Å². The molecule has 12 heteroatoms. The first kappa shape index (κ1) is 32.5. The van der Waals surface area contributed by atoms with Gasteiger partial charge in [0.15, 0.2) is 23.4 Å². The summed E-state index contributed by atoms with van der Waals surface area (Å²) in [5, 5.41) is 27.5. The Morgan fingerprint density at radius 2 is 1.96 bits per heavy atom. The molecule has 2 fully saturated rings. The molecule has 6 atom stereocenters. The second-order valence-corrected chi connectivity index (χ2v) is 13.6. The molecule has 1 spiro atoms. The number of likely N-dealkylation sites (N-methyl/N-ethyl adjacent to an activating group) is 2. The van der Waals surface area contributed by atoms with Gasteiger partial charge >= 0.3 is 6.09 Å². The number of phenolic OH excluding ortho intramolecular Hbond substituents is 1. The molecule has 2 aromatic carbocycles. The molecule has 1 saturated heterocycles. The first-order chi connectivity index (χ1) is 22.3. The fraction of sp³-hybridized carbons (Fsp3) is 0.486. The number of Topliss-reactive ketones (excluding diaryl/α,β-unsaturated/α-hetero) is 1. The van der Waals surface area contributed by atoms with Crippen molar-refractivity contribution in [3.8, 4) is 17.2 Å². The fourth-order valence-corrected chi connectivity index (χ4v) is 8.47. The molecule has 12 nitrogen and oxygen atoms in total. The third-order valence-electron chi connectivity index (χ3n) is 10.8. The van der Waals surface area contributed by atoms with Gasteiger partial charge in [-0.25, -0.2) is 4.79 Å². The number of ether oxygens (including phenoxy) is 2. The number of amides is 3. The van der Waals surface area contributed by atoms with Crippen LogP contribution in [0.1, 0.15) is 42.9 Å². The summed E-state index contributed by atoms with van der Waals surface area (Å²) in [6, 6.07) is 9.00. The Kier molecular flexibility index (Phi) is 8.29. The zero-order chi connectivity index (χ0) is 33.7. The lowest BCUT2D eigenvalue weighted by Gasteiger charge is -2.64. The molecule has 1 unspecified atom stereocenters. The van der Waals surface area contributed by atoms with E-state index in [4.69, 9.17) is 9.47 Å². The Hall–Kier alpha value is -4.42. The highest BCUT2D eigenvalue weighted by molar-refractivity contribution is 5.90. The number of ketones is 1. The van der Waals surface area contributed by atoms with Gasteiger partial charge in [-0.15, -0.1) is 0 Å². The molecule has 250 valence electrons. The number of nitrogens with one attached hydrogen (secondary N) is 2. The van der Waals surface area contributed by atoms with Gasteiger partial charge in [-0.1, -0.05) is 24.8 Å². The van der Waals surface area contributed by atoms with Gasteiger partial charge in [-0.2, -0.15) is 0 Å². The van der Waals surface area contributed by atoms with Crippen molar-refractivity contribution in [3.05, 3.63) is 65.7 Å². The van der Waals surface area contributed by atoms with Gasteiger partial charge in [0, 0.05) is 58.3 Å². The Morgan fingerprint density at radius 3 is 2.66 bits per heavy atom. The van der Waals surface area contributed by atoms with Crippen LogP contribution < -0.4 is 20.1 Å². The Balaban J connectivity index is 1.15. The molecule has 4 N–H and O–H groups in total. The fourth-order valence-electron chi connectivity index (χ4n) is 8.47. The molecule has 2 aliphatic carbocycles. The topological polar surface area (TPSA) is 154 Å². The predicted octanol–water partition coefficient (Wildman–Crippen LogP) is 1.74. The number of rotatable bonds is 10. The molecule has 2 aliphatic heterocycles. The van der Waals surface area contributed by atoms with Gasteiger partial charge in [-0.3, -0.25) is 14.4 Å². The largest absolute Gasteiger partial charge is 0.508 e. The minimum absolute atomic E-state index is 0.0505. The lowest BCUT2D eigenvalue weighted by atomic mass is 9.48.